The van der Waals surface area contributed by atoms with E-state index in [1.54, 1.807) is 0 Å². The molecule has 0 radical (unpaired) electrons. The lowest BCUT2D eigenvalue weighted by Crippen LogP contribution is -2.16. The molecule has 0 saturated carbocycles. The van der Waals surface area contributed by atoms with Gasteiger partial charge in [0, 0.05) is 17.9 Å². The molecule has 104 valence electrons. The third-order valence-corrected chi connectivity index (χ3v) is 3.02. The Kier molecular flexibility index (Phi) is 4.00. The van der Waals surface area contributed by atoms with E-state index >= 15 is 0 Å². The summed E-state index contributed by atoms with van der Waals surface area (Å²) in [6.45, 7) is 4.17. The normalized spacial score (nSPS) is 10.3. The Morgan fingerprint density at radius 2 is 2.05 bits per heavy atom. The minimum Gasteiger partial charge on any atom is -0.365 e. The highest BCUT2D eigenvalue weighted by Gasteiger charge is 2.14. The van der Waals surface area contributed by atoms with Crippen molar-refractivity contribution in [3.63, 3.8) is 0 Å². The van der Waals surface area contributed by atoms with Crippen LogP contribution in [0.2, 0.25) is 0 Å². The van der Waals surface area contributed by atoms with Crippen LogP contribution in [0.25, 0.3) is 0 Å². The van der Waals surface area contributed by atoms with E-state index in [0.29, 0.717) is 17.9 Å². The van der Waals surface area contributed by atoms with Gasteiger partial charge in [0.2, 0.25) is 0 Å². The molecule has 0 aliphatic rings. The topological polar surface area (TPSA) is 94.0 Å². The maximum absolute atomic E-state index is 11.6. The van der Waals surface area contributed by atoms with Crippen molar-refractivity contribution in [3.8, 4) is 0 Å². The predicted octanol–water partition coefficient (Wildman–Crippen LogP) is 2.00. The van der Waals surface area contributed by atoms with Gasteiger partial charge in [-0.25, -0.2) is 4.98 Å². The number of carbonyl (C=O) groups excluding carboxylic acids is 1. The Hall–Kier alpha value is -2.40. The van der Waals surface area contributed by atoms with Crippen molar-refractivity contribution in [3.05, 3.63) is 52.7 Å². The second-order valence-electron chi connectivity index (χ2n) is 4.70. The number of primary amides is 1. The van der Waals surface area contributed by atoms with Gasteiger partial charge in [-0.3, -0.25) is 4.79 Å². The zero-order chi connectivity index (χ0) is 14.7. The standard InChI is InChI=1S/C15H18N4O/c1-9-6-10(2)18-15(13(9)14(17)20)19-12-5-3-4-11(7-12)8-16/h3-7H,8,16H2,1-2H3,(H2,17,20)(H,18,19). The van der Waals surface area contributed by atoms with Gasteiger partial charge in [-0.2, -0.15) is 0 Å². The van der Waals surface area contributed by atoms with E-state index < -0.39 is 5.91 Å². The summed E-state index contributed by atoms with van der Waals surface area (Å²) in [5.41, 5.74) is 14.9. The van der Waals surface area contributed by atoms with Gasteiger partial charge >= 0.3 is 0 Å². The number of rotatable bonds is 4. The summed E-state index contributed by atoms with van der Waals surface area (Å²) in [5.74, 6) is -0.0170. The number of hydrogen-bond donors (Lipinski definition) is 3. The molecule has 1 aromatic heterocycles. The van der Waals surface area contributed by atoms with Gasteiger partial charge in [-0.1, -0.05) is 12.1 Å². The number of benzene rings is 1. The molecule has 20 heavy (non-hydrogen) atoms. The Labute approximate surface area is 118 Å². The lowest BCUT2D eigenvalue weighted by molar-refractivity contribution is 0.100. The molecule has 0 saturated heterocycles. The molecule has 2 aromatic rings. The highest BCUT2D eigenvalue weighted by atomic mass is 16.1. The predicted molar refractivity (Wildman–Crippen MR) is 79.8 cm³/mol. The molecule has 1 aromatic carbocycles. The summed E-state index contributed by atoms with van der Waals surface area (Å²) < 4.78 is 0. The van der Waals surface area contributed by atoms with E-state index in [0.717, 1.165) is 22.5 Å². The number of pyridine rings is 1. The van der Waals surface area contributed by atoms with Crippen LogP contribution in [0.4, 0.5) is 11.5 Å². The third-order valence-electron chi connectivity index (χ3n) is 3.02. The largest absolute Gasteiger partial charge is 0.365 e. The molecule has 2 rings (SSSR count). The number of amides is 1. The van der Waals surface area contributed by atoms with E-state index in [-0.39, 0.29) is 0 Å². The fourth-order valence-electron chi connectivity index (χ4n) is 2.15. The molecule has 1 amide bonds. The Bertz CT molecular complexity index is 652. The van der Waals surface area contributed by atoms with Crippen LogP contribution in [0, 0.1) is 13.8 Å². The van der Waals surface area contributed by atoms with Crippen molar-refractivity contribution >= 4 is 17.4 Å². The van der Waals surface area contributed by atoms with Crippen molar-refractivity contribution in [2.24, 2.45) is 11.5 Å². The van der Waals surface area contributed by atoms with Gasteiger partial charge in [0.25, 0.3) is 5.91 Å². The molecule has 1 heterocycles. The van der Waals surface area contributed by atoms with Crippen molar-refractivity contribution < 1.29 is 4.79 Å². The molecule has 0 unspecified atom stereocenters. The highest BCUT2D eigenvalue weighted by Crippen LogP contribution is 2.23. The fraction of sp³-hybridized carbons (Fsp3) is 0.200. The molecule has 5 N–H and O–H groups in total. The monoisotopic (exact) mass is 270 g/mol. The van der Waals surface area contributed by atoms with Crippen molar-refractivity contribution in [2.75, 3.05) is 5.32 Å². The number of nitrogens with two attached hydrogens (primary N) is 2. The van der Waals surface area contributed by atoms with Crippen LogP contribution in [0.3, 0.4) is 0 Å². The lowest BCUT2D eigenvalue weighted by Gasteiger charge is -2.13. The van der Waals surface area contributed by atoms with Crippen LogP contribution in [0.1, 0.15) is 27.2 Å². The Morgan fingerprint density at radius 3 is 2.70 bits per heavy atom. The molecule has 0 spiro atoms. The summed E-state index contributed by atoms with van der Waals surface area (Å²) >= 11 is 0. The Morgan fingerprint density at radius 1 is 1.30 bits per heavy atom. The summed E-state index contributed by atoms with van der Waals surface area (Å²) in [7, 11) is 0. The second kappa shape index (κ2) is 5.71. The first kappa shape index (κ1) is 14.0. The van der Waals surface area contributed by atoms with E-state index in [9.17, 15) is 4.79 Å². The SMILES string of the molecule is Cc1cc(C)c(C(N)=O)c(Nc2cccc(CN)c2)n1. The van der Waals surface area contributed by atoms with Gasteiger partial charge in [-0.05, 0) is 43.2 Å². The van der Waals surface area contributed by atoms with Gasteiger partial charge < -0.3 is 16.8 Å². The second-order valence-corrected chi connectivity index (χ2v) is 4.70. The first-order valence-corrected chi connectivity index (χ1v) is 6.35. The van der Waals surface area contributed by atoms with Crippen molar-refractivity contribution in [1.29, 1.82) is 0 Å². The molecule has 5 nitrogen and oxygen atoms in total. The van der Waals surface area contributed by atoms with Gasteiger partial charge in [-0.15, -0.1) is 0 Å². The number of hydrogen-bond acceptors (Lipinski definition) is 4. The first-order chi connectivity index (χ1) is 9.51. The van der Waals surface area contributed by atoms with Crippen molar-refractivity contribution in [1.82, 2.24) is 4.98 Å². The van der Waals surface area contributed by atoms with Crippen LogP contribution in [-0.4, -0.2) is 10.9 Å². The van der Waals surface area contributed by atoms with Crippen LogP contribution < -0.4 is 16.8 Å². The number of anilines is 2. The number of aromatic nitrogens is 1. The zero-order valence-corrected chi connectivity index (χ0v) is 11.6. The maximum atomic E-state index is 11.6. The molecular weight excluding hydrogens is 252 g/mol. The highest BCUT2D eigenvalue weighted by molar-refractivity contribution is 5.99. The van der Waals surface area contributed by atoms with Crippen LogP contribution in [0.5, 0.6) is 0 Å². The maximum Gasteiger partial charge on any atom is 0.252 e. The summed E-state index contributed by atoms with van der Waals surface area (Å²) in [4.78, 5) is 16.0. The van der Waals surface area contributed by atoms with Gasteiger partial charge in [0.05, 0.1) is 5.56 Å². The number of carbonyl (C=O) groups is 1. The molecule has 0 aliphatic heterocycles. The van der Waals surface area contributed by atoms with E-state index in [4.69, 9.17) is 11.5 Å². The molecular formula is C15H18N4O. The first-order valence-electron chi connectivity index (χ1n) is 6.35. The summed E-state index contributed by atoms with van der Waals surface area (Å²) in [6.07, 6.45) is 0. The van der Waals surface area contributed by atoms with Crippen molar-refractivity contribution in [2.45, 2.75) is 20.4 Å². The minimum atomic E-state index is -0.493. The molecule has 0 fully saturated rings. The van der Waals surface area contributed by atoms with Crippen LogP contribution in [-0.2, 0) is 6.54 Å². The van der Waals surface area contributed by atoms with Gasteiger partial charge in [0.15, 0.2) is 0 Å². The minimum absolute atomic E-state index is 0.411. The molecule has 5 heteroatoms. The average Bonchev–Trinajstić information content (AvgIpc) is 2.37. The molecule has 0 bridgehead atoms. The number of nitrogens with one attached hydrogen (secondary N) is 1. The summed E-state index contributed by atoms with van der Waals surface area (Å²) in [6, 6.07) is 9.49. The Balaban J connectivity index is 2.44. The summed E-state index contributed by atoms with van der Waals surface area (Å²) in [5, 5.41) is 3.14. The third kappa shape index (κ3) is 2.95. The quantitative estimate of drug-likeness (QED) is 0.792. The number of aryl methyl sites for hydroxylation is 2. The fourth-order valence-corrected chi connectivity index (χ4v) is 2.15. The van der Waals surface area contributed by atoms with Crippen LogP contribution in [0.15, 0.2) is 30.3 Å². The zero-order valence-electron chi connectivity index (χ0n) is 11.6. The van der Waals surface area contributed by atoms with Gasteiger partial charge in [0.1, 0.15) is 5.82 Å². The van der Waals surface area contributed by atoms with Crippen LogP contribution >= 0.6 is 0 Å². The molecule has 0 aliphatic carbocycles. The van der Waals surface area contributed by atoms with E-state index in [2.05, 4.69) is 10.3 Å². The van der Waals surface area contributed by atoms with E-state index in [1.807, 2.05) is 44.2 Å². The number of nitrogens with zero attached hydrogens (tertiary/aromatic N) is 1. The lowest BCUT2D eigenvalue weighted by atomic mass is 10.1. The smallest absolute Gasteiger partial charge is 0.252 e. The average molecular weight is 270 g/mol. The van der Waals surface area contributed by atoms with E-state index in [1.165, 1.54) is 0 Å². The molecule has 0 atom stereocenters.